The molecule has 2 aromatic rings. The summed E-state index contributed by atoms with van der Waals surface area (Å²) in [5.74, 6) is 0.739. The lowest BCUT2D eigenvalue weighted by molar-refractivity contribution is -0.128. The van der Waals surface area contributed by atoms with Crippen LogP contribution in [-0.4, -0.2) is 59.9 Å². The molecule has 212 valence electrons. The Kier molecular flexibility index (Phi) is 10.5. The number of halogens is 1. The molecule has 2 amide bonds. The molecular formula is C32H45FN4O2. The fourth-order valence-corrected chi connectivity index (χ4v) is 6.32. The SMILES string of the molecule is CC(C)CN(Cc1ccccc1)C1CCN(C(=O)c2ccc(F)cc2)[C@@H](C(=O)NCC2CCCC(CN)C2)C1. The van der Waals surface area contributed by atoms with Crippen LogP contribution in [0.25, 0.3) is 0 Å². The molecule has 1 saturated heterocycles. The van der Waals surface area contributed by atoms with E-state index in [-0.39, 0.29) is 23.7 Å². The zero-order valence-electron chi connectivity index (χ0n) is 23.5. The normalized spacial score (nSPS) is 23.7. The monoisotopic (exact) mass is 536 g/mol. The maximum absolute atomic E-state index is 13.7. The van der Waals surface area contributed by atoms with Crippen LogP contribution in [0.3, 0.4) is 0 Å². The molecule has 3 unspecified atom stereocenters. The van der Waals surface area contributed by atoms with E-state index in [4.69, 9.17) is 5.73 Å². The van der Waals surface area contributed by atoms with Crippen molar-refractivity contribution in [3.8, 4) is 0 Å². The van der Waals surface area contributed by atoms with Crippen LogP contribution in [-0.2, 0) is 11.3 Å². The molecular weight excluding hydrogens is 491 g/mol. The molecule has 0 spiro atoms. The Morgan fingerprint density at radius 1 is 1.03 bits per heavy atom. The minimum atomic E-state index is -0.569. The molecule has 4 atom stereocenters. The van der Waals surface area contributed by atoms with Gasteiger partial charge in [0.1, 0.15) is 11.9 Å². The van der Waals surface area contributed by atoms with Gasteiger partial charge in [-0.2, -0.15) is 0 Å². The van der Waals surface area contributed by atoms with E-state index in [0.717, 1.165) is 45.2 Å². The van der Waals surface area contributed by atoms with Gasteiger partial charge in [0.2, 0.25) is 5.91 Å². The van der Waals surface area contributed by atoms with Crippen LogP contribution in [0, 0.1) is 23.6 Å². The van der Waals surface area contributed by atoms with Gasteiger partial charge in [0.05, 0.1) is 0 Å². The number of piperidine rings is 1. The number of nitrogens with two attached hydrogens (primary N) is 1. The number of likely N-dealkylation sites (tertiary alicyclic amines) is 1. The highest BCUT2D eigenvalue weighted by molar-refractivity contribution is 5.97. The summed E-state index contributed by atoms with van der Waals surface area (Å²) in [6.07, 6.45) is 5.82. The van der Waals surface area contributed by atoms with E-state index in [0.29, 0.717) is 49.4 Å². The van der Waals surface area contributed by atoms with Crippen molar-refractivity contribution in [1.29, 1.82) is 0 Å². The van der Waals surface area contributed by atoms with Crippen LogP contribution >= 0.6 is 0 Å². The maximum atomic E-state index is 13.7. The standard InChI is InChI=1S/C32H45FN4O2/c1-23(2)21-36(22-24-7-4-3-5-8-24)29-15-16-37(32(39)27-11-13-28(33)14-12-27)30(18-29)31(38)35-20-26-10-6-9-25(17-26)19-34/h3-5,7-8,11-14,23,25-26,29-30H,6,9-10,15-22,34H2,1-2H3,(H,35,38)/t25?,26?,29?,30-/m1/s1. The molecule has 2 fully saturated rings. The number of rotatable bonds is 10. The largest absolute Gasteiger partial charge is 0.354 e. The maximum Gasteiger partial charge on any atom is 0.254 e. The Labute approximate surface area is 233 Å². The van der Waals surface area contributed by atoms with Crippen molar-refractivity contribution in [2.45, 2.75) is 71.0 Å². The zero-order valence-corrected chi connectivity index (χ0v) is 23.5. The third-order valence-corrected chi connectivity index (χ3v) is 8.36. The number of nitrogens with zero attached hydrogens (tertiary/aromatic N) is 2. The highest BCUT2D eigenvalue weighted by Crippen LogP contribution is 2.29. The fraction of sp³-hybridized carbons (Fsp3) is 0.562. The molecule has 1 aliphatic carbocycles. The van der Waals surface area contributed by atoms with E-state index < -0.39 is 6.04 Å². The Bertz CT molecular complexity index is 1060. The fourth-order valence-electron chi connectivity index (χ4n) is 6.32. The summed E-state index contributed by atoms with van der Waals surface area (Å²) in [4.78, 5) is 31.5. The molecule has 0 bridgehead atoms. The summed E-state index contributed by atoms with van der Waals surface area (Å²) in [7, 11) is 0. The van der Waals surface area contributed by atoms with E-state index in [1.54, 1.807) is 4.90 Å². The quantitative estimate of drug-likeness (QED) is 0.456. The lowest BCUT2D eigenvalue weighted by atomic mass is 9.81. The Morgan fingerprint density at radius 2 is 1.74 bits per heavy atom. The van der Waals surface area contributed by atoms with Gasteiger partial charge in [0.25, 0.3) is 5.91 Å². The molecule has 39 heavy (non-hydrogen) atoms. The van der Waals surface area contributed by atoms with Gasteiger partial charge in [0.15, 0.2) is 0 Å². The smallest absolute Gasteiger partial charge is 0.254 e. The van der Waals surface area contributed by atoms with Crippen LogP contribution in [0.1, 0.15) is 68.3 Å². The van der Waals surface area contributed by atoms with Crippen LogP contribution < -0.4 is 11.1 Å². The molecule has 1 heterocycles. The van der Waals surface area contributed by atoms with Crippen molar-refractivity contribution >= 4 is 11.8 Å². The third kappa shape index (κ3) is 8.12. The van der Waals surface area contributed by atoms with Crippen LogP contribution in [0.2, 0.25) is 0 Å². The van der Waals surface area contributed by atoms with E-state index in [2.05, 4.69) is 48.3 Å². The molecule has 3 N–H and O–H groups in total. The van der Waals surface area contributed by atoms with Crippen molar-refractivity contribution < 1.29 is 14.0 Å². The molecule has 6 nitrogen and oxygen atoms in total. The average Bonchev–Trinajstić information content (AvgIpc) is 2.95. The number of amides is 2. The average molecular weight is 537 g/mol. The van der Waals surface area contributed by atoms with Crippen molar-refractivity contribution in [2.24, 2.45) is 23.5 Å². The molecule has 1 aliphatic heterocycles. The first kappa shape index (κ1) is 29.2. The molecule has 1 saturated carbocycles. The van der Waals surface area contributed by atoms with Crippen LogP contribution in [0.15, 0.2) is 54.6 Å². The second-order valence-corrected chi connectivity index (χ2v) is 11.9. The Hall–Kier alpha value is -2.77. The first-order valence-electron chi connectivity index (χ1n) is 14.7. The summed E-state index contributed by atoms with van der Waals surface area (Å²) in [6.45, 7) is 7.97. The highest BCUT2D eigenvalue weighted by Gasteiger charge is 2.39. The molecule has 0 aromatic heterocycles. The highest BCUT2D eigenvalue weighted by atomic mass is 19.1. The first-order chi connectivity index (χ1) is 18.8. The van der Waals surface area contributed by atoms with Gasteiger partial charge in [0, 0.05) is 37.8 Å². The van der Waals surface area contributed by atoms with E-state index in [1.165, 1.54) is 29.8 Å². The number of hydrogen-bond donors (Lipinski definition) is 2. The summed E-state index contributed by atoms with van der Waals surface area (Å²) < 4.78 is 13.5. The molecule has 2 aliphatic rings. The molecule has 0 radical (unpaired) electrons. The zero-order chi connectivity index (χ0) is 27.8. The lowest BCUT2D eigenvalue weighted by Crippen LogP contribution is -2.58. The van der Waals surface area contributed by atoms with Gasteiger partial charge in [-0.3, -0.25) is 14.5 Å². The van der Waals surface area contributed by atoms with Crippen LogP contribution in [0.5, 0.6) is 0 Å². The van der Waals surface area contributed by atoms with Gasteiger partial charge < -0.3 is 16.0 Å². The van der Waals surface area contributed by atoms with Crippen molar-refractivity contribution in [3.63, 3.8) is 0 Å². The number of carbonyl (C=O) groups is 2. The Morgan fingerprint density at radius 3 is 2.44 bits per heavy atom. The van der Waals surface area contributed by atoms with Gasteiger partial charge in [-0.25, -0.2) is 4.39 Å². The minimum Gasteiger partial charge on any atom is -0.354 e. The van der Waals surface area contributed by atoms with E-state index in [1.807, 2.05) is 6.07 Å². The summed E-state index contributed by atoms with van der Waals surface area (Å²) in [6, 6.07) is 15.7. The third-order valence-electron chi connectivity index (χ3n) is 8.36. The number of nitrogens with one attached hydrogen (secondary N) is 1. The predicted octanol–water partition coefficient (Wildman–Crippen LogP) is 4.84. The van der Waals surface area contributed by atoms with Crippen molar-refractivity contribution in [2.75, 3.05) is 26.2 Å². The first-order valence-corrected chi connectivity index (χ1v) is 14.7. The van der Waals surface area contributed by atoms with E-state index in [9.17, 15) is 14.0 Å². The summed E-state index contributed by atoms with van der Waals surface area (Å²) >= 11 is 0. The van der Waals surface area contributed by atoms with Gasteiger partial charge in [-0.15, -0.1) is 0 Å². The summed E-state index contributed by atoms with van der Waals surface area (Å²) in [5, 5.41) is 3.21. The second kappa shape index (κ2) is 14.0. The van der Waals surface area contributed by atoms with Crippen molar-refractivity contribution in [1.82, 2.24) is 15.1 Å². The predicted molar refractivity (Wildman–Crippen MR) is 153 cm³/mol. The van der Waals surface area contributed by atoms with E-state index >= 15 is 0 Å². The molecule has 2 aromatic carbocycles. The number of carbonyl (C=O) groups excluding carboxylic acids is 2. The second-order valence-electron chi connectivity index (χ2n) is 11.9. The van der Waals surface area contributed by atoms with Crippen molar-refractivity contribution in [3.05, 3.63) is 71.5 Å². The van der Waals surface area contributed by atoms with Crippen LogP contribution in [0.4, 0.5) is 4.39 Å². The minimum absolute atomic E-state index is 0.0887. The Balaban J connectivity index is 1.51. The molecule has 4 rings (SSSR count). The molecule has 7 heteroatoms. The summed E-state index contributed by atoms with van der Waals surface area (Å²) in [5.41, 5.74) is 7.59. The number of hydrogen-bond acceptors (Lipinski definition) is 4. The topological polar surface area (TPSA) is 78.7 Å². The van der Waals surface area contributed by atoms with Gasteiger partial charge in [-0.1, -0.05) is 50.6 Å². The van der Waals surface area contributed by atoms with Gasteiger partial charge >= 0.3 is 0 Å². The van der Waals surface area contributed by atoms with Gasteiger partial charge in [-0.05, 0) is 86.2 Å². The lowest BCUT2D eigenvalue weighted by Gasteiger charge is -2.43. The number of benzene rings is 2.